The minimum atomic E-state index is -0.135. The van der Waals surface area contributed by atoms with Crippen LogP contribution in [0, 0.1) is 11.7 Å². The Balaban J connectivity index is 1.92. The third-order valence-electron chi connectivity index (χ3n) is 2.88. The van der Waals surface area contributed by atoms with Gasteiger partial charge in [-0.3, -0.25) is 4.90 Å². The second-order valence-electron chi connectivity index (χ2n) is 4.17. The first kappa shape index (κ1) is 11.1. The molecule has 3 heteroatoms. The summed E-state index contributed by atoms with van der Waals surface area (Å²) in [6.07, 6.45) is 1.25. The summed E-state index contributed by atoms with van der Waals surface area (Å²) in [5.74, 6) is 0.627. The third kappa shape index (κ3) is 3.02. The second kappa shape index (κ2) is 5.08. The summed E-state index contributed by atoms with van der Waals surface area (Å²) >= 11 is 3.51. The number of alkyl halides is 1. The van der Waals surface area contributed by atoms with E-state index in [2.05, 4.69) is 20.8 Å². The number of halogens is 2. The van der Waals surface area contributed by atoms with Gasteiger partial charge in [0.1, 0.15) is 5.82 Å². The first-order valence-electron chi connectivity index (χ1n) is 5.30. The van der Waals surface area contributed by atoms with Gasteiger partial charge < -0.3 is 0 Å². The highest BCUT2D eigenvalue weighted by molar-refractivity contribution is 9.09. The Bertz CT molecular complexity index is 329. The van der Waals surface area contributed by atoms with Crippen molar-refractivity contribution in [3.05, 3.63) is 35.6 Å². The maximum absolute atomic E-state index is 13.0. The normalized spacial score (nSPS) is 22.1. The molecule has 2 rings (SSSR count). The van der Waals surface area contributed by atoms with E-state index in [4.69, 9.17) is 0 Å². The lowest BCUT2D eigenvalue weighted by Crippen LogP contribution is -2.20. The number of likely N-dealkylation sites (tertiary alicyclic amines) is 1. The van der Waals surface area contributed by atoms with Crippen LogP contribution in [-0.4, -0.2) is 23.3 Å². The van der Waals surface area contributed by atoms with Gasteiger partial charge in [0.25, 0.3) is 0 Å². The van der Waals surface area contributed by atoms with Gasteiger partial charge in [-0.1, -0.05) is 28.1 Å². The Kier molecular flexibility index (Phi) is 3.76. The molecule has 1 aromatic carbocycles. The molecule has 0 spiro atoms. The number of hydrogen-bond donors (Lipinski definition) is 0. The molecule has 1 aliphatic rings. The van der Waals surface area contributed by atoms with Crippen molar-refractivity contribution in [2.75, 3.05) is 18.4 Å². The quantitative estimate of drug-likeness (QED) is 0.764. The van der Waals surface area contributed by atoms with Crippen molar-refractivity contribution < 1.29 is 4.39 Å². The van der Waals surface area contributed by atoms with Crippen molar-refractivity contribution in [3.63, 3.8) is 0 Å². The standard InChI is InChI=1S/C12H15BrFN/c13-7-11-4-5-15(9-11)8-10-2-1-3-12(14)6-10/h1-3,6,11H,4-5,7-9H2. The molecule has 1 atom stereocenters. The van der Waals surface area contributed by atoms with Crippen molar-refractivity contribution in [2.45, 2.75) is 13.0 Å². The molecule has 0 saturated carbocycles. The lowest BCUT2D eigenvalue weighted by atomic mass is 10.2. The zero-order valence-electron chi connectivity index (χ0n) is 8.63. The zero-order valence-corrected chi connectivity index (χ0v) is 10.2. The van der Waals surface area contributed by atoms with Crippen LogP contribution in [0.3, 0.4) is 0 Å². The van der Waals surface area contributed by atoms with E-state index < -0.39 is 0 Å². The minimum absolute atomic E-state index is 0.135. The van der Waals surface area contributed by atoms with Crippen molar-refractivity contribution in [1.29, 1.82) is 0 Å². The first-order chi connectivity index (χ1) is 7.28. The van der Waals surface area contributed by atoms with Crippen LogP contribution in [0.4, 0.5) is 4.39 Å². The SMILES string of the molecule is Fc1cccc(CN2CCC(CBr)C2)c1. The summed E-state index contributed by atoms with van der Waals surface area (Å²) in [5, 5.41) is 1.08. The molecule has 0 N–H and O–H groups in total. The Morgan fingerprint density at radius 1 is 1.47 bits per heavy atom. The zero-order chi connectivity index (χ0) is 10.7. The topological polar surface area (TPSA) is 3.24 Å². The molecule has 1 unspecified atom stereocenters. The molecule has 0 amide bonds. The second-order valence-corrected chi connectivity index (χ2v) is 4.82. The van der Waals surface area contributed by atoms with Crippen molar-refractivity contribution in [3.8, 4) is 0 Å². The highest BCUT2D eigenvalue weighted by Gasteiger charge is 2.21. The number of rotatable bonds is 3. The maximum atomic E-state index is 13.0. The van der Waals surface area contributed by atoms with Crippen LogP contribution in [0.5, 0.6) is 0 Å². The molecule has 1 saturated heterocycles. The highest BCUT2D eigenvalue weighted by atomic mass is 79.9. The van der Waals surface area contributed by atoms with E-state index in [1.807, 2.05) is 6.07 Å². The summed E-state index contributed by atoms with van der Waals surface area (Å²) in [7, 11) is 0. The van der Waals surface area contributed by atoms with E-state index in [0.717, 1.165) is 36.4 Å². The molecule has 0 aromatic heterocycles. The summed E-state index contributed by atoms with van der Waals surface area (Å²) in [5.41, 5.74) is 1.07. The fraction of sp³-hybridized carbons (Fsp3) is 0.500. The summed E-state index contributed by atoms with van der Waals surface area (Å²) in [4.78, 5) is 2.39. The predicted octanol–water partition coefficient (Wildman–Crippen LogP) is 3.04. The Morgan fingerprint density at radius 2 is 2.33 bits per heavy atom. The molecule has 0 bridgehead atoms. The van der Waals surface area contributed by atoms with Crippen LogP contribution >= 0.6 is 15.9 Å². The van der Waals surface area contributed by atoms with E-state index in [1.165, 1.54) is 12.5 Å². The number of nitrogens with zero attached hydrogens (tertiary/aromatic N) is 1. The van der Waals surface area contributed by atoms with Gasteiger partial charge in [0.05, 0.1) is 0 Å². The number of benzene rings is 1. The molecule has 15 heavy (non-hydrogen) atoms. The van der Waals surface area contributed by atoms with Gasteiger partial charge in [-0.05, 0) is 36.6 Å². The van der Waals surface area contributed by atoms with Crippen molar-refractivity contribution in [2.24, 2.45) is 5.92 Å². The largest absolute Gasteiger partial charge is 0.299 e. The van der Waals surface area contributed by atoms with E-state index in [-0.39, 0.29) is 5.82 Å². The fourth-order valence-corrected chi connectivity index (χ4v) is 2.60. The van der Waals surface area contributed by atoms with Gasteiger partial charge in [-0.25, -0.2) is 4.39 Å². The molecule has 1 nitrogen and oxygen atoms in total. The molecular formula is C12H15BrFN. The van der Waals surface area contributed by atoms with Crippen molar-refractivity contribution >= 4 is 15.9 Å². The van der Waals surface area contributed by atoms with Crippen LogP contribution < -0.4 is 0 Å². The Labute approximate surface area is 98.4 Å². The van der Waals surface area contributed by atoms with E-state index in [1.54, 1.807) is 12.1 Å². The lowest BCUT2D eigenvalue weighted by Gasteiger charge is -2.15. The summed E-state index contributed by atoms with van der Waals surface area (Å²) in [6.45, 7) is 3.13. The molecule has 82 valence electrons. The maximum Gasteiger partial charge on any atom is 0.123 e. The average Bonchev–Trinajstić information content (AvgIpc) is 2.65. The summed E-state index contributed by atoms with van der Waals surface area (Å²) in [6, 6.07) is 6.89. The molecule has 1 heterocycles. The van der Waals surface area contributed by atoms with Crippen LogP contribution in [0.1, 0.15) is 12.0 Å². The third-order valence-corrected chi connectivity index (χ3v) is 3.80. The van der Waals surface area contributed by atoms with Crippen LogP contribution in [0.25, 0.3) is 0 Å². The fourth-order valence-electron chi connectivity index (χ4n) is 2.08. The Morgan fingerprint density at radius 3 is 3.00 bits per heavy atom. The molecule has 1 fully saturated rings. The van der Waals surface area contributed by atoms with Gasteiger partial charge >= 0.3 is 0 Å². The minimum Gasteiger partial charge on any atom is -0.299 e. The summed E-state index contributed by atoms with van der Waals surface area (Å²) < 4.78 is 13.0. The molecule has 0 radical (unpaired) electrons. The van der Waals surface area contributed by atoms with Crippen molar-refractivity contribution in [1.82, 2.24) is 4.90 Å². The van der Waals surface area contributed by atoms with Gasteiger partial charge in [0, 0.05) is 18.4 Å². The van der Waals surface area contributed by atoms with Crippen LogP contribution in [0.15, 0.2) is 24.3 Å². The monoisotopic (exact) mass is 271 g/mol. The number of hydrogen-bond acceptors (Lipinski definition) is 1. The van der Waals surface area contributed by atoms with E-state index in [9.17, 15) is 4.39 Å². The van der Waals surface area contributed by atoms with Gasteiger partial charge in [-0.2, -0.15) is 0 Å². The average molecular weight is 272 g/mol. The molecule has 1 aromatic rings. The van der Waals surface area contributed by atoms with E-state index in [0.29, 0.717) is 0 Å². The smallest absolute Gasteiger partial charge is 0.123 e. The Hall–Kier alpha value is -0.410. The lowest BCUT2D eigenvalue weighted by molar-refractivity contribution is 0.321. The van der Waals surface area contributed by atoms with Gasteiger partial charge in [0.15, 0.2) is 0 Å². The molecule has 1 aliphatic heterocycles. The van der Waals surface area contributed by atoms with Gasteiger partial charge in [-0.15, -0.1) is 0 Å². The van der Waals surface area contributed by atoms with Crippen LogP contribution in [0.2, 0.25) is 0 Å². The molecule has 0 aliphatic carbocycles. The van der Waals surface area contributed by atoms with Crippen LogP contribution in [-0.2, 0) is 6.54 Å². The predicted molar refractivity (Wildman–Crippen MR) is 63.6 cm³/mol. The van der Waals surface area contributed by atoms with Gasteiger partial charge in [0.2, 0.25) is 0 Å². The highest BCUT2D eigenvalue weighted by Crippen LogP contribution is 2.20. The molecular weight excluding hydrogens is 257 g/mol. The first-order valence-corrected chi connectivity index (χ1v) is 6.43. The van der Waals surface area contributed by atoms with E-state index >= 15 is 0 Å².